The predicted molar refractivity (Wildman–Crippen MR) is 121 cm³/mol. The van der Waals surface area contributed by atoms with Gasteiger partial charge in [-0.25, -0.2) is 14.8 Å². The lowest BCUT2D eigenvalue weighted by molar-refractivity contribution is 0.0691. The molecule has 0 spiro atoms. The van der Waals surface area contributed by atoms with Gasteiger partial charge in [0.25, 0.3) is 0 Å². The van der Waals surface area contributed by atoms with Crippen LogP contribution in [0, 0.1) is 0 Å². The second kappa shape index (κ2) is 11.0. The molecule has 2 aromatic rings. The molecule has 0 unspecified atom stereocenters. The number of hydrogen-bond acceptors (Lipinski definition) is 8. The van der Waals surface area contributed by atoms with E-state index >= 15 is 0 Å². The molecule has 0 atom stereocenters. The van der Waals surface area contributed by atoms with Crippen molar-refractivity contribution in [1.82, 2.24) is 25.1 Å². The molecule has 168 valence electrons. The first-order chi connectivity index (χ1) is 15.0. The average Bonchev–Trinajstić information content (AvgIpc) is 2.80. The maximum atomic E-state index is 11.7. The lowest BCUT2D eigenvalue weighted by atomic mass is 10.0. The summed E-state index contributed by atoms with van der Waals surface area (Å²) >= 11 is 0. The highest BCUT2D eigenvalue weighted by Crippen LogP contribution is 2.31. The molecule has 0 amide bonds. The van der Waals surface area contributed by atoms with Gasteiger partial charge in [-0.3, -0.25) is 0 Å². The zero-order chi connectivity index (χ0) is 22.2. The molecule has 31 heavy (non-hydrogen) atoms. The van der Waals surface area contributed by atoms with Gasteiger partial charge < -0.3 is 29.9 Å². The molecule has 2 N–H and O–H groups in total. The van der Waals surface area contributed by atoms with Crippen LogP contribution in [0.4, 0.5) is 5.95 Å². The molecule has 0 saturated carbocycles. The number of benzene rings is 1. The van der Waals surface area contributed by atoms with Crippen LogP contribution in [0.25, 0.3) is 11.1 Å². The van der Waals surface area contributed by atoms with E-state index in [1.54, 1.807) is 25.4 Å². The summed E-state index contributed by atoms with van der Waals surface area (Å²) in [5.74, 6) is -0.0243. The molecule has 2 saturated heterocycles. The second-order valence-corrected chi connectivity index (χ2v) is 7.78. The normalized spacial score (nSPS) is 17.6. The number of ether oxygens (including phenoxy) is 1. The molecule has 2 fully saturated rings. The number of aromatic carboxylic acids is 1. The van der Waals surface area contributed by atoms with Crippen molar-refractivity contribution in [3.63, 3.8) is 0 Å². The predicted octanol–water partition coefficient (Wildman–Crippen LogP) is 1.12. The van der Waals surface area contributed by atoms with Gasteiger partial charge in [-0.15, -0.1) is 0 Å². The van der Waals surface area contributed by atoms with Crippen LogP contribution in [0.15, 0.2) is 30.5 Å². The van der Waals surface area contributed by atoms with E-state index in [-0.39, 0.29) is 5.69 Å². The number of likely N-dealkylation sites (N-methyl/N-ethyl adjacent to an activating group) is 2. The maximum Gasteiger partial charge on any atom is 0.355 e. The van der Waals surface area contributed by atoms with Crippen LogP contribution in [-0.2, 0) is 0 Å². The lowest BCUT2D eigenvalue weighted by Crippen LogP contribution is -2.45. The number of methoxy groups -OCH3 is 1. The third-order valence-corrected chi connectivity index (χ3v) is 5.50. The van der Waals surface area contributed by atoms with E-state index in [0.717, 1.165) is 39.3 Å². The lowest BCUT2D eigenvalue weighted by Gasteiger charge is -2.32. The van der Waals surface area contributed by atoms with E-state index in [4.69, 9.17) is 4.74 Å². The van der Waals surface area contributed by atoms with Crippen LogP contribution in [-0.4, -0.2) is 104 Å². The van der Waals surface area contributed by atoms with Crippen molar-refractivity contribution in [1.29, 1.82) is 0 Å². The Balaban J connectivity index is 0.000000330. The minimum atomic E-state index is -1.08. The standard InChI is InChI=1S/C17H20N4O3.C5H12N2/c1-20-7-9-21(10-8-20)17-18-11-13(15(19-17)16(22)23)12-5-3-4-6-14(12)24-2;1-7-4-2-6-3-5-7/h3-6,11H,7-10H2,1-2H3,(H,22,23);6H,2-5H2,1H3. The van der Waals surface area contributed by atoms with Gasteiger partial charge >= 0.3 is 5.97 Å². The van der Waals surface area contributed by atoms with E-state index in [9.17, 15) is 9.90 Å². The molecule has 1 aromatic heterocycles. The number of hydrogen-bond donors (Lipinski definition) is 2. The van der Waals surface area contributed by atoms with E-state index in [2.05, 4.69) is 39.2 Å². The van der Waals surface area contributed by atoms with Crippen LogP contribution >= 0.6 is 0 Å². The van der Waals surface area contributed by atoms with Crippen molar-refractivity contribution in [2.24, 2.45) is 0 Å². The third kappa shape index (κ3) is 6.13. The monoisotopic (exact) mass is 428 g/mol. The van der Waals surface area contributed by atoms with Gasteiger partial charge in [0.15, 0.2) is 5.69 Å². The molecule has 0 aliphatic carbocycles. The van der Waals surface area contributed by atoms with Crippen LogP contribution in [0.2, 0.25) is 0 Å². The number of rotatable bonds is 4. The third-order valence-electron chi connectivity index (χ3n) is 5.50. The fourth-order valence-electron chi connectivity index (χ4n) is 3.54. The van der Waals surface area contributed by atoms with Gasteiger partial charge in [-0.1, -0.05) is 18.2 Å². The summed E-state index contributed by atoms with van der Waals surface area (Å²) < 4.78 is 5.33. The Bertz CT molecular complexity index is 864. The number of carboxylic acids is 1. The highest BCUT2D eigenvalue weighted by Gasteiger charge is 2.22. The van der Waals surface area contributed by atoms with Crippen molar-refractivity contribution in [3.05, 3.63) is 36.2 Å². The number of carbonyl (C=O) groups is 1. The first-order valence-corrected chi connectivity index (χ1v) is 10.6. The van der Waals surface area contributed by atoms with Crippen LogP contribution in [0.1, 0.15) is 10.5 Å². The first kappa shape index (κ1) is 22.9. The molecule has 9 nitrogen and oxygen atoms in total. The summed E-state index contributed by atoms with van der Waals surface area (Å²) in [5, 5.41) is 12.9. The number of nitrogens with zero attached hydrogens (tertiary/aromatic N) is 5. The van der Waals surface area contributed by atoms with Crippen LogP contribution in [0.3, 0.4) is 0 Å². The molecule has 0 radical (unpaired) electrons. The Morgan fingerprint density at radius 1 is 1.00 bits per heavy atom. The average molecular weight is 429 g/mol. The smallest absolute Gasteiger partial charge is 0.355 e. The number of carboxylic acid groups (broad SMARTS) is 1. The number of nitrogens with one attached hydrogen (secondary N) is 1. The SMILES string of the molecule is CN1CCNCC1.COc1ccccc1-c1cnc(N2CCN(C)CC2)nc1C(=O)O. The van der Waals surface area contributed by atoms with Gasteiger partial charge in [0.1, 0.15) is 5.75 Å². The van der Waals surface area contributed by atoms with Crippen molar-refractivity contribution in [2.45, 2.75) is 0 Å². The molecule has 1 aromatic carbocycles. The summed E-state index contributed by atoms with van der Waals surface area (Å²) in [6, 6.07) is 7.26. The molecule has 2 aliphatic heterocycles. The Kier molecular flexibility index (Phi) is 8.16. The van der Waals surface area contributed by atoms with Gasteiger partial charge in [0.2, 0.25) is 5.95 Å². The number of para-hydroxylation sites is 1. The molecular weight excluding hydrogens is 396 g/mol. The topological polar surface area (TPSA) is 94.1 Å². The van der Waals surface area contributed by atoms with Gasteiger partial charge in [-0.2, -0.15) is 0 Å². The number of anilines is 1. The molecule has 4 rings (SSSR count). The van der Waals surface area contributed by atoms with Crippen LogP contribution in [0.5, 0.6) is 5.75 Å². The summed E-state index contributed by atoms with van der Waals surface area (Å²) in [5.41, 5.74) is 1.11. The quantitative estimate of drug-likeness (QED) is 0.743. The second-order valence-electron chi connectivity index (χ2n) is 7.78. The van der Waals surface area contributed by atoms with Crippen molar-refractivity contribution < 1.29 is 14.6 Å². The summed E-state index contributed by atoms with van der Waals surface area (Å²) in [4.78, 5) is 27.0. The van der Waals surface area contributed by atoms with Gasteiger partial charge in [-0.05, 0) is 20.2 Å². The Morgan fingerprint density at radius 2 is 1.65 bits per heavy atom. The summed E-state index contributed by atoms with van der Waals surface area (Å²) in [6.45, 7) is 8.11. The highest BCUT2D eigenvalue weighted by molar-refractivity contribution is 5.95. The van der Waals surface area contributed by atoms with Crippen molar-refractivity contribution >= 4 is 11.9 Å². The van der Waals surface area contributed by atoms with Gasteiger partial charge in [0, 0.05) is 69.7 Å². The number of aromatic nitrogens is 2. The largest absolute Gasteiger partial charge is 0.496 e. The molecule has 0 bridgehead atoms. The number of piperazine rings is 2. The van der Waals surface area contributed by atoms with Crippen LogP contribution < -0.4 is 15.0 Å². The Hall–Kier alpha value is -2.75. The zero-order valence-electron chi connectivity index (χ0n) is 18.5. The maximum absolute atomic E-state index is 11.7. The van der Waals surface area contributed by atoms with Crippen molar-refractivity contribution in [3.8, 4) is 16.9 Å². The first-order valence-electron chi connectivity index (χ1n) is 10.6. The minimum Gasteiger partial charge on any atom is -0.496 e. The fourth-order valence-corrected chi connectivity index (χ4v) is 3.54. The summed E-state index contributed by atoms with van der Waals surface area (Å²) in [7, 11) is 5.77. The van der Waals surface area contributed by atoms with E-state index < -0.39 is 5.97 Å². The fraction of sp³-hybridized carbons (Fsp3) is 0.500. The molecule has 2 aliphatic rings. The van der Waals surface area contributed by atoms with E-state index in [0.29, 0.717) is 22.8 Å². The highest BCUT2D eigenvalue weighted by atomic mass is 16.5. The molecule has 9 heteroatoms. The van der Waals surface area contributed by atoms with Gasteiger partial charge in [0.05, 0.1) is 7.11 Å². The molecule has 3 heterocycles. The Labute approximate surface area is 183 Å². The van der Waals surface area contributed by atoms with E-state index in [1.165, 1.54) is 13.1 Å². The van der Waals surface area contributed by atoms with E-state index in [1.807, 2.05) is 17.0 Å². The molecular formula is C22H32N6O3. The van der Waals surface area contributed by atoms with Crippen molar-refractivity contribution in [2.75, 3.05) is 78.5 Å². The summed E-state index contributed by atoms with van der Waals surface area (Å²) in [6.07, 6.45) is 1.57. The minimum absolute atomic E-state index is 0.0107. The Morgan fingerprint density at radius 3 is 2.23 bits per heavy atom. The zero-order valence-corrected chi connectivity index (χ0v) is 18.5.